The van der Waals surface area contributed by atoms with Crippen molar-refractivity contribution in [2.45, 2.75) is 20.3 Å². The monoisotopic (exact) mass is 445 g/mol. The molecule has 0 unspecified atom stereocenters. The maximum atomic E-state index is 10.2. The van der Waals surface area contributed by atoms with Gasteiger partial charge in [-0.1, -0.05) is 43.3 Å². The molecule has 0 saturated heterocycles. The molecule has 5 nitrogen and oxygen atoms in total. The number of hydrogen-bond donors (Lipinski definition) is 1. The Morgan fingerprint density at radius 2 is 1.71 bits per heavy atom. The van der Waals surface area contributed by atoms with E-state index in [-0.39, 0.29) is 5.75 Å². The van der Waals surface area contributed by atoms with Gasteiger partial charge in [-0.05, 0) is 55.3 Å². The van der Waals surface area contributed by atoms with E-state index in [0.717, 1.165) is 34.2 Å². The Kier molecular flexibility index (Phi) is 4.69. The average molecular weight is 446 g/mol. The Morgan fingerprint density at radius 3 is 2.56 bits per heavy atom. The molecule has 0 aliphatic heterocycles. The Morgan fingerprint density at radius 1 is 0.853 bits per heavy atom. The molecule has 0 amide bonds. The normalized spacial score (nSPS) is 11.5. The molecule has 3 aromatic carbocycles. The first kappa shape index (κ1) is 20.2. The van der Waals surface area contributed by atoms with Gasteiger partial charge in [0.2, 0.25) is 5.88 Å². The van der Waals surface area contributed by atoms with E-state index in [1.165, 1.54) is 16.5 Å². The number of aryl methyl sites for hydroxylation is 2. The fourth-order valence-corrected chi connectivity index (χ4v) is 4.65. The quantitative estimate of drug-likeness (QED) is 0.314. The van der Waals surface area contributed by atoms with Crippen LogP contribution in [0, 0.1) is 6.92 Å². The SMILES string of the molecule is CCc1cccc2c3ccc(Oc4ccc5cccc(O)c5n4)cc3n(-c3cccc(C)n3)c12. The van der Waals surface area contributed by atoms with Gasteiger partial charge in [0, 0.05) is 34.0 Å². The molecule has 0 radical (unpaired) electrons. The van der Waals surface area contributed by atoms with Gasteiger partial charge in [0.15, 0.2) is 0 Å². The summed E-state index contributed by atoms with van der Waals surface area (Å²) >= 11 is 0. The Hall–Kier alpha value is -4.38. The van der Waals surface area contributed by atoms with Crippen LogP contribution in [0.2, 0.25) is 0 Å². The molecule has 0 spiro atoms. The highest BCUT2D eigenvalue weighted by molar-refractivity contribution is 6.10. The molecule has 0 fully saturated rings. The number of pyridine rings is 2. The second kappa shape index (κ2) is 7.89. The summed E-state index contributed by atoms with van der Waals surface area (Å²) in [6, 6.07) is 27.7. The highest BCUT2D eigenvalue weighted by Crippen LogP contribution is 2.36. The summed E-state index contributed by atoms with van der Waals surface area (Å²) in [6.07, 6.45) is 0.924. The average Bonchev–Trinajstić information content (AvgIpc) is 3.18. The third-order valence-electron chi connectivity index (χ3n) is 6.22. The van der Waals surface area contributed by atoms with Crippen molar-refractivity contribution in [3.8, 4) is 23.2 Å². The Balaban J connectivity index is 1.55. The van der Waals surface area contributed by atoms with E-state index in [0.29, 0.717) is 17.1 Å². The largest absolute Gasteiger partial charge is 0.506 e. The fraction of sp³-hybridized carbons (Fsp3) is 0.103. The zero-order valence-electron chi connectivity index (χ0n) is 19.0. The van der Waals surface area contributed by atoms with Crippen molar-refractivity contribution in [3.63, 3.8) is 0 Å². The van der Waals surface area contributed by atoms with Crippen LogP contribution in [0.15, 0.2) is 84.9 Å². The van der Waals surface area contributed by atoms with Gasteiger partial charge in [0.1, 0.15) is 22.8 Å². The second-order valence-electron chi connectivity index (χ2n) is 8.42. The summed E-state index contributed by atoms with van der Waals surface area (Å²) < 4.78 is 8.39. The second-order valence-corrected chi connectivity index (χ2v) is 8.42. The Bertz CT molecular complexity index is 1700. The van der Waals surface area contributed by atoms with E-state index in [1.54, 1.807) is 12.1 Å². The first-order chi connectivity index (χ1) is 16.6. The van der Waals surface area contributed by atoms with Crippen LogP contribution in [0.25, 0.3) is 38.5 Å². The van der Waals surface area contributed by atoms with Crippen LogP contribution in [0.5, 0.6) is 17.4 Å². The van der Waals surface area contributed by atoms with Crippen LogP contribution in [0.4, 0.5) is 0 Å². The van der Waals surface area contributed by atoms with E-state index in [9.17, 15) is 5.11 Å². The van der Waals surface area contributed by atoms with Crippen LogP contribution in [-0.2, 0) is 6.42 Å². The smallest absolute Gasteiger partial charge is 0.219 e. The van der Waals surface area contributed by atoms with E-state index < -0.39 is 0 Å². The van der Waals surface area contributed by atoms with Crippen LogP contribution in [0.3, 0.4) is 0 Å². The molecular formula is C29H23N3O2. The van der Waals surface area contributed by atoms with Crippen LogP contribution >= 0.6 is 0 Å². The number of aromatic nitrogens is 3. The maximum absolute atomic E-state index is 10.2. The zero-order valence-corrected chi connectivity index (χ0v) is 19.0. The van der Waals surface area contributed by atoms with E-state index in [4.69, 9.17) is 9.72 Å². The lowest BCUT2D eigenvalue weighted by Crippen LogP contribution is -2.00. The number of fused-ring (bicyclic) bond motifs is 4. The summed E-state index contributed by atoms with van der Waals surface area (Å²) in [5.74, 6) is 2.12. The number of para-hydroxylation sites is 2. The topological polar surface area (TPSA) is 60.2 Å². The third-order valence-corrected chi connectivity index (χ3v) is 6.22. The highest BCUT2D eigenvalue weighted by Gasteiger charge is 2.17. The molecule has 0 aliphatic carbocycles. The number of phenolic OH excluding ortho intramolecular Hbond substituents is 1. The summed E-state index contributed by atoms with van der Waals surface area (Å²) in [4.78, 5) is 9.35. The minimum atomic E-state index is 0.135. The van der Waals surface area contributed by atoms with Crippen LogP contribution in [0.1, 0.15) is 18.2 Å². The molecule has 3 aromatic heterocycles. The van der Waals surface area contributed by atoms with E-state index >= 15 is 0 Å². The van der Waals surface area contributed by atoms with Gasteiger partial charge >= 0.3 is 0 Å². The lowest BCUT2D eigenvalue weighted by molar-refractivity contribution is 0.460. The fourth-order valence-electron chi connectivity index (χ4n) is 4.65. The van der Waals surface area contributed by atoms with E-state index in [2.05, 4.69) is 40.7 Å². The van der Waals surface area contributed by atoms with Gasteiger partial charge < -0.3 is 9.84 Å². The van der Waals surface area contributed by atoms with E-state index in [1.807, 2.05) is 55.5 Å². The molecule has 166 valence electrons. The summed E-state index contributed by atoms with van der Waals surface area (Å²) in [5.41, 5.74) is 4.95. The van der Waals surface area contributed by atoms with Gasteiger partial charge in [-0.3, -0.25) is 4.57 Å². The highest BCUT2D eigenvalue weighted by atomic mass is 16.5. The van der Waals surface area contributed by atoms with Crippen molar-refractivity contribution in [2.24, 2.45) is 0 Å². The van der Waals surface area contributed by atoms with Gasteiger partial charge in [-0.2, -0.15) is 0 Å². The molecule has 0 bridgehead atoms. The summed E-state index contributed by atoms with van der Waals surface area (Å²) in [6.45, 7) is 4.18. The minimum absolute atomic E-state index is 0.135. The number of phenols is 1. The molecule has 6 aromatic rings. The van der Waals surface area contributed by atoms with Crippen molar-refractivity contribution in [2.75, 3.05) is 0 Å². The van der Waals surface area contributed by atoms with Crippen molar-refractivity contribution >= 4 is 32.7 Å². The van der Waals surface area contributed by atoms with Crippen molar-refractivity contribution < 1.29 is 9.84 Å². The standard InChI is InChI=1S/C29H23N3O2/c1-3-19-8-5-10-23-22-15-14-21(34-27-16-13-20-9-6-11-25(33)28(20)31-27)17-24(22)32(29(19)23)26-12-4-7-18(2)30-26/h4-17,33H,3H2,1-2H3. The minimum Gasteiger partial charge on any atom is -0.506 e. The first-order valence-electron chi connectivity index (χ1n) is 11.4. The molecule has 0 saturated carbocycles. The lowest BCUT2D eigenvalue weighted by atomic mass is 10.1. The molecule has 1 N–H and O–H groups in total. The maximum Gasteiger partial charge on any atom is 0.219 e. The summed E-state index contributed by atoms with van der Waals surface area (Å²) in [7, 11) is 0. The molecular weight excluding hydrogens is 422 g/mol. The number of nitrogens with zero attached hydrogens (tertiary/aromatic N) is 3. The molecule has 0 atom stereocenters. The van der Waals surface area contributed by atoms with Crippen molar-refractivity contribution in [1.82, 2.24) is 14.5 Å². The van der Waals surface area contributed by atoms with Gasteiger partial charge in [0.05, 0.1) is 11.0 Å². The summed E-state index contributed by atoms with van der Waals surface area (Å²) in [5, 5.41) is 13.4. The zero-order chi connectivity index (χ0) is 23.2. The molecule has 34 heavy (non-hydrogen) atoms. The molecule has 3 heterocycles. The van der Waals surface area contributed by atoms with Gasteiger partial charge in [-0.25, -0.2) is 9.97 Å². The first-order valence-corrected chi connectivity index (χ1v) is 11.4. The lowest BCUT2D eigenvalue weighted by Gasteiger charge is -2.11. The molecule has 5 heteroatoms. The Labute approximate surface area is 196 Å². The van der Waals surface area contributed by atoms with Crippen LogP contribution in [-0.4, -0.2) is 19.6 Å². The van der Waals surface area contributed by atoms with Crippen molar-refractivity contribution in [3.05, 3.63) is 96.2 Å². The predicted octanol–water partition coefficient (Wildman–Crippen LogP) is 7.10. The van der Waals surface area contributed by atoms with Gasteiger partial charge in [0.25, 0.3) is 0 Å². The number of benzene rings is 3. The van der Waals surface area contributed by atoms with Crippen molar-refractivity contribution in [1.29, 1.82) is 0 Å². The van der Waals surface area contributed by atoms with Crippen LogP contribution < -0.4 is 4.74 Å². The third kappa shape index (κ3) is 3.25. The number of aromatic hydroxyl groups is 1. The molecule has 0 aliphatic rings. The predicted molar refractivity (Wildman–Crippen MR) is 136 cm³/mol. The number of hydrogen-bond acceptors (Lipinski definition) is 4. The number of ether oxygens (including phenoxy) is 1. The molecule has 6 rings (SSSR count). The number of rotatable bonds is 4. The van der Waals surface area contributed by atoms with Gasteiger partial charge in [-0.15, -0.1) is 0 Å².